The lowest BCUT2D eigenvalue weighted by atomic mass is 9.89. The Bertz CT molecular complexity index is 491. The summed E-state index contributed by atoms with van der Waals surface area (Å²) in [5.74, 6) is 0.908. The van der Waals surface area contributed by atoms with Gasteiger partial charge in [-0.2, -0.15) is 0 Å². The molecule has 21 heavy (non-hydrogen) atoms. The predicted molar refractivity (Wildman–Crippen MR) is 87.0 cm³/mol. The molecule has 0 fully saturated rings. The smallest absolute Gasteiger partial charge is 0.224 e. The second kappa shape index (κ2) is 7.14. The molecule has 1 aromatic rings. The quantitative estimate of drug-likeness (QED) is 0.898. The largest absolute Gasteiger partial charge is 0.487 e. The average Bonchev–Trinajstić information content (AvgIpc) is 2.37. The molecule has 0 saturated heterocycles. The Labute approximate surface area is 133 Å². The van der Waals surface area contributed by atoms with Crippen LogP contribution in [-0.4, -0.2) is 25.1 Å². The van der Waals surface area contributed by atoms with Crippen LogP contribution in [0.1, 0.15) is 38.8 Å². The number of ether oxygens (including phenoxy) is 1. The molecule has 0 aromatic heterocycles. The molecule has 0 spiro atoms. The van der Waals surface area contributed by atoms with Crippen LogP contribution in [0.5, 0.6) is 5.75 Å². The van der Waals surface area contributed by atoms with Crippen LogP contribution in [0.15, 0.2) is 24.3 Å². The fourth-order valence-corrected chi connectivity index (χ4v) is 2.64. The molecule has 1 heterocycles. The zero-order valence-corrected chi connectivity index (χ0v) is 13.9. The summed E-state index contributed by atoms with van der Waals surface area (Å²) in [6, 6.07) is 7.95. The SMILES string of the molecule is CNCC(C)C(=O)NC1CC(C)(C)Oc2ccccc21.Cl. The van der Waals surface area contributed by atoms with Crippen molar-refractivity contribution in [3.63, 3.8) is 0 Å². The lowest BCUT2D eigenvalue weighted by molar-refractivity contribution is -0.125. The first-order valence-electron chi connectivity index (χ1n) is 7.16. The van der Waals surface area contributed by atoms with Crippen LogP contribution in [0.25, 0.3) is 0 Å². The molecule has 0 bridgehead atoms. The van der Waals surface area contributed by atoms with Gasteiger partial charge in [0.2, 0.25) is 5.91 Å². The maximum Gasteiger partial charge on any atom is 0.224 e. The Kier molecular flexibility index (Phi) is 6.05. The molecule has 2 atom stereocenters. The maximum absolute atomic E-state index is 12.2. The third kappa shape index (κ3) is 4.35. The van der Waals surface area contributed by atoms with Crippen LogP contribution in [0.3, 0.4) is 0 Å². The highest BCUT2D eigenvalue weighted by Gasteiger charge is 2.34. The van der Waals surface area contributed by atoms with Crippen molar-refractivity contribution < 1.29 is 9.53 Å². The van der Waals surface area contributed by atoms with Crippen molar-refractivity contribution >= 4 is 18.3 Å². The van der Waals surface area contributed by atoms with Gasteiger partial charge in [0.05, 0.1) is 6.04 Å². The number of rotatable bonds is 4. The fraction of sp³-hybridized carbons (Fsp3) is 0.562. The van der Waals surface area contributed by atoms with Crippen molar-refractivity contribution in [1.82, 2.24) is 10.6 Å². The van der Waals surface area contributed by atoms with Crippen LogP contribution in [0.2, 0.25) is 0 Å². The van der Waals surface area contributed by atoms with E-state index < -0.39 is 0 Å². The van der Waals surface area contributed by atoms with E-state index in [1.165, 1.54) is 0 Å². The third-order valence-electron chi connectivity index (χ3n) is 3.65. The van der Waals surface area contributed by atoms with Crippen LogP contribution < -0.4 is 15.4 Å². The molecule has 1 aliphatic rings. The molecule has 4 nitrogen and oxygen atoms in total. The van der Waals surface area contributed by atoms with Gasteiger partial charge in [-0.3, -0.25) is 4.79 Å². The van der Waals surface area contributed by atoms with Crippen molar-refractivity contribution in [3.8, 4) is 5.75 Å². The molecule has 1 aromatic carbocycles. The first-order valence-corrected chi connectivity index (χ1v) is 7.16. The topological polar surface area (TPSA) is 50.4 Å². The van der Waals surface area contributed by atoms with E-state index in [9.17, 15) is 4.79 Å². The van der Waals surface area contributed by atoms with Crippen LogP contribution in [0, 0.1) is 5.92 Å². The number of hydrogen-bond donors (Lipinski definition) is 2. The number of benzene rings is 1. The highest BCUT2D eigenvalue weighted by Crippen LogP contribution is 2.39. The van der Waals surface area contributed by atoms with Crippen LogP contribution in [-0.2, 0) is 4.79 Å². The van der Waals surface area contributed by atoms with E-state index in [-0.39, 0.29) is 35.9 Å². The summed E-state index contributed by atoms with van der Waals surface area (Å²) in [6.45, 7) is 6.72. The minimum absolute atomic E-state index is 0. The van der Waals surface area contributed by atoms with E-state index in [1.54, 1.807) is 0 Å². The minimum Gasteiger partial charge on any atom is -0.487 e. The number of halogens is 1. The molecular weight excluding hydrogens is 288 g/mol. The van der Waals surface area contributed by atoms with Gasteiger partial charge < -0.3 is 15.4 Å². The normalized spacial score (nSPS) is 20.5. The maximum atomic E-state index is 12.2. The summed E-state index contributed by atoms with van der Waals surface area (Å²) in [5, 5.41) is 6.19. The molecule has 0 saturated carbocycles. The number of para-hydroxylation sites is 1. The van der Waals surface area contributed by atoms with E-state index in [0.29, 0.717) is 6.54 Å². The zero-order valence-electron chi connectivity index (χ0n) is 13.1. The van der Waals surface area contributed by atoms with Gasteiger partial charge in [-0.25, -0.2) is 0 Å². The summed E-state index contributed by atoms with van der Waals surface area (Å²) >= 11 is 0. The van der Waals surface area contributed by atoms with Crippen molar-refractivity contribution in [2.24, 2.45) is 5.92 Å². The number of fused-ring (bicyclic) bond motifs is 1. The molecule has 118 valence electrons. The second-order valence-electron chi connectivity index (χ2n) is 6.12. The standard InChI is InChI=1S/C16H24N2O2.ClH/c1-11(10-17-4)15(19)18-13-9-16(2,3)20-14-8-6-5-7-12(13)14;/h5-8,11,13,17H,9-10H2,1-4H3,(H,18,19);1H. The lowest BCUT2D eigenvalue weighted by Gasteiger charge is -2.38. The Morgan fingerprint density at radius 1 is 1.43 bits per heavy atom. The molecule has 1 amide bonds. The first-order chi connectivity index (χ1) is 9.43. The zero-order chi connectivity index (χ0) is 14.8. The highest BCUT2D eigenvalue weighted by molar-refractivity contribution is 5.85. The minimum atomic E-state index is -0.265. The van der Waals surface area contributed by atoms with Gasteiger partial charge in [0.25, 0.3) is 0 Å². The molecule has 1 aliphatic heterocycles. The van der Waals surface area contributed by atoms with Gasteiger partial charge in [0.1, 0.15) is 11.4 Å². The Hall–Kier alpha value is -1.26. The first kappa shape index (κ1) is 17.8. The van der Waals surface area contributed by atoms with Crippen LogP contribution >= 0.6 is 12.4 Å². The lowest BCUT2D eigenvalue weighted by Crippen LogP contribution is -2.43. The summed E-state index contributed by atoms with van der Waals surface area (Å²) < 4.78 is 5.98. The van der Waals surface area contributed by atoms with Crippen molar-refractivity contribution in [3.05, 3.63) is 29.8 Å². The van der Waals surface area contributed by atoms with Crippen molar-refractivity contribution in [2.45, 2.75) is 38.8 Å². The molecule has 2 unspecified atom stereocenters. The molecule has 0 radical (unpaired) electrons. The average molecular weight is 313 g/mol. The van der Waals surface area contributed by atoms with E-state index >= 15 is 0 Å². The molecular formula is C16H25ClN2O2. The van der Waals surface area contributed by atoms with Gasteiger partial charge in [0.15, 0.2) is 0 Å². The fourth-order valence-electron chi connectivity index (χ4n) is 2.64. The monoisotopic (exact) mass is 312 g/mol. The third-order valence-corrected chi connectivity index (χ3v) is 3.65. The molecule has 2 rings (SSSR count). The number of amides is 1. The highest BCUT2D eigenvalue weighted by atomic mass is 35.5. The summed E-state index contributed by atoms with van der Waals surface area (Å²) in [7, 11) is 1.86. The Morgan fingerprint density at radius 2 is 2.10 bits per heavy atom. The summed E-state index contributed by atoms with van der Waals surface area (Å²) in [5.41, 5.74) is 0.801. The van der Waals surface area contributed by atoms with Gasteiger partial charge in [-0.15, -0.1) is 12.4 Å². The Morgan fingerprint density at radius 3 is 2.76 bits per heavy atom. The van der Waals surface area contributed by atoms with E-state index in [1.807, 2.05) is 38.2 Å². The number of carbonyl (C=O) groups excluding carboxylic acids is 1. The number of nitrogens with one attached hydrogen (secondary N) is 2. The molecule has 2 N–H and O–H groups in total. The molecule has 0 aliphatic carbocycles. The summed E-state index contributed by atoms with van der Waals surface area (Å²) in [6.07, 6.45) is 0.780. The number of carbonyl (C=O) groups is 1. The van der Waals surface area contributed by atoms with Crippen molar-refractivity contribution in [1.29, 1.82) is 0 Å². The van der Waals surface area contributed by atoms with Gasteiger partial charge in [0, 0.05) is 24.4 Å². The van der Waals surface area contributed by atoms with Gasteiger partial charge in [-0.1, -0.05) is 25.1 Å². The van der Waals surface area contributed by atoms with E-state index in [4.69, 9.17) is 4.74 Å². The van der Waals surface area contributed by atoms with E-state index in [2.05, 4.69) is 24.5 Å². The van der Waals surface area contributed by atoms with Crippen LogP contribution in [0.4, 0.5) is 0 Å². The predicted octanol–water partition coefficient (Wildman–Crippen LogP) is 2.68. The van der Waals surface area contributed by atoms with Gasteiger partial charge in [-0.05, 0) is 27.0 Å². The van der Waals surface area contributed by atoms with Gasteiger partial charge >= 0.3 is 0 Å². The Balaban J connectivity index is 0.00000220. The second-order valence-corrected chi connectivity index (χ2v) is 6.12. The van der Waals surface area contributed by atoms with Crippen molar-refractivity contribution in [2.75, 3.05) is 13.6 Å². The summed E-state index contributed by atoms with van der Waals surface area (Å²) in [4.78, 5) is 12.2. The number of hydrogen-bond acceptors (Lipinski definition) is 3. The molecule has 5 heteroatoms. The van der Waals surface area contributed by atoms with E-state index in [0.717, 1.165) is 17.7 Å².